The minimum atomic E-state index is -1.98. The van der Waals surface area contributed by atoms with E-state index in [0.717, 1.165) is 70.6 Å². The third-order valence-corrected chi connectivity index (χ3v) is 16.0. The molecule has 470 valence electrons. The van der Waals surface area contributed by atoms with E-state index in [1.807, 2.05) is 6.08 Å². The minimum absolute atomic E-state index is 0.233. The normalized spacial score (nSPS) is 30.1. The number of amides is 1. The fraction of sp³-hybridized carbons (Fsp3) is 0.918. The summed E-state index contributed by atoms with van der Waals surface area (Å²) >= 11 is 0. The van der Waals surface area contributed by atoms with Gasteiger partial charge in [-0.2, -0.15) is 0 Å². The molecule has 17 atom stereocenters. The molecule has 3 aliphatic heterocycles. The predicted octanol–water partition coefficient (Wildman–Crippen LogP) is 6.32. The fourth-order valence-electron chi connectivity index (χ4n) is 10.8. The number of aliphatic hydroxyl groups is 11. The van der Waals surface area contributed by atoms with E-state index in [2.05, 4.69) is 31.3 Å². The van der Waals surface area contributed by atoms with Crippen molar-refractivity contribution in [2.24, 2.45) is 0 Å². The number of unbranched alkanes of at least 4 members (excludes halogenated alkanes) is 29. The van der Waals surface area contributed by atoms with Gasteiger partial charge in [0.25, 0.3) is 0 Å². The zero-order valence-electron chi connectivity index (χ0n) is 49.1. The number of aliphatic hydroxyl groups excluding tert-OH is 11. The number of ether oxygens (including phenoxy) is 6. The van der Waals surface area contributed by atoms with Crippen LogP contribution in [-0.2, 0) is 33.2 Å². The number of carbonyl (C=O) groups excluding carboxylic acids is 1. The molecule has 3 saturated heterocycles. The van der Waals surface area contributed by atoms with Crippen molar-refractivity contribution in [3.05, 3.63) is 24.3 Å². The summed E-state index contributed by atoms with van der Waals surface area (Å²) in [5.74, 6) is -0.287. The van der Waals surface area contributed by atoms with Crippen LogP contribution in [0.25, 0.3) is 0 Å². The fourth-order valence-corrected chi connectivity index (χ4v) is 10.8. The Morgan fingerprint density at radius 2 is 0.812 bits per heavy atom. The molecule has 3 fully saturated rings. The van der Waals surface area contributed by atoms with Crippen molar-refractivity contribution in [2.45, 2.75) is 330 Å². The van der Waals surface area contributed by atoms with Crippen LogP contribution in [0.1, 0.15) is 226 Å². The molecule has 3 rings (SSSR count). The van der Waals surface area contributed by atoms with Crippen LogP contribution < -0.4 is 5.32 Å². The molecule has 19 heteroatoms. The molecule has 17 unspecified atom stereocenters. The van der Waals surface area contributed by atoms with E-state index in [4.69, 9.17) is 28.4 Å². The van der Waals surface area contributed by atoms with Crippen LogP contribution in [0.5, 0.6) is 0 Å². The van der Waals surface area contributed by atoms with Crippen LogP contribution in [0, 0.1) is 0 Å². The molecule has 0 bridgehead atoms. The van der Waals surface area contributed by atoms with E-state index in [0.29, 0.717) is 6.42 Å². The van der Waals surface area contributed by atoms with E-state index in [1.165, 1.54) is 128 Å². The Balaban J connectivity index is 1.44. The third-order valence-electron chi connectivity index (χ3n) is 16.0. The Bertz CT molecular complexity index is 1560. The van der Waals surface area contributed by atoms with Gasteiger partial charge in [0.05, 0.1) is 38.6 Å². The molecule has 0 spiro atoms. The summed E-state index contributed by atoms with van der Waals surface area (Å²) in [5, 5.41) is 120. The van der Waals surface area contributed by atoms with Gasteiger partial charge in [-0.15, -0.1) is 0 Å². The lowest BCUT2D eigenvalue weighted by atomic mass is 9.96. The highest BCUT2D eigenvalue weighted by Gasteiger charge is 2.53. The lowest BCUT2D eigenvalue weighted by Crippen LogP contribution is -2.66. The molecule has 0 aromatic heterocycles. The summed E-state index contributed by atoms with van der Waals surface area (Å²) in [7, 11) is 0. The maximum Gasteiger partial charge on any atom is 0.220 e. The molecular formula is C61H113NO18. The van der Waals surface area contributed by atoms with Crippen LogP contribution in [-0.4, -0.2) is 193 Å². The van der Waals surface area contributed by atoms with Gasteiger partial charge in [-0.3, -0.25) is 4.79 Å². The smallest absolute Gasteiger partial charge is 0.220 e. The largest absolute Gasteiger partial charge is 0.394 e. The lowest BCUT2D eigenvalue weighted by molar-refractivity contribution is -0.379. The van der Waals surface area contributed by atoms with Crippen molar-refractivity contribution in [1.82, 2.24) is 5.32 Å². The van der Waals surface area contributed by atoms with Crippen molar-refractivity contribution in [3.8, 4) is 0 Å². The standard InChI is InChI=1S/C61H113NO18/c1-3-5-7-9-11-13-15-16-17-18-19-20-21-22-23-24-25-26-27-28-29-30-32-34-36-38-45(66)44(62-49(67)39-37-35-33-31-14-12-10-8-6-4-2)43-75-59-55(73)52(70)57(47(41-64)77-59)80-61-56(74)53(71)58(48(42-65)78-61)79-60-54(72)51(69)50(68)46(40-63)76-60/h8,10,36,38,44-48,50-61,63-66,68-74H,3-7,9,11-35,37,39-43H2,1-2H3,(H,62,67)/b10-8-,38-36+. The molecule has 80 heavy (non-hydrogen) atoms. The topological polar surface area (TPSA) is 307 Å². The van der Waals surface area contributed by atoms with Crippen LogP contribution in [0.15, 0.2) is 24.3 Å². The molecule has 0 aromatic rings. The van der Waals surface area contributed by atoms with Gasteiger partial charge in [-0.25, -0.2) is 0 Å². The van der Waals surface area contributed by atoms with E-state index in [-0.39, 0.29) is 18.9 Å². The Labute approximate surface area is 479 Å². The second-order valence-electron chi connectivity index (χ2n) is 22.9. The van der Waals surface area contributed by atoms with Crippen molar-refractivity contribution in [3.63, 3.8) is 0 Å². The monoisotopic (exact) mass is 1150 g/mol. The second kappa shape index (κ2) is 44.7. The van der Waals surface area contributed by atoms with E-state index < -0.39 is 124 Å². The maximum absolute atomic E-state index is 13.3. The number of rotatable bonds is 47. The molecule has 0 aromatic carbocycles. The Morgan fingerprint density at radius 1 is 0.438 bits per heavy atom. The first-order valence-corrected chi connectivity index (χ1v) is 31.6. The van der Waals surface area contributed by atoms with Gasteiger partial charge >= 0.3 is 0 Å². The Morgan fingerprint density at radius 3 is 1.26 bits per heavy atom. The highest BCUT2D eigenvalue weighted by Crippen LogP contribution is 2.33. The van der Waals surface area contributed by atoms with Gasteiger partial charge < -0.3 is 89.9 Å². The number of allylic oxidation sites excluding steroid dienone is 3. The van der Waals surface area contributed by atoms with Gasteiger partial charge in [0.2, 0.25) is 5.91 Å². The van der Waals surface area contributed by atoms with E-state index in [9.17, 15) is 61.0 Å². The lowest BCUT2D eigenvalue weighted by Gasteiger charge is -2.48. The summed E-state index contributed by atoms with van der Waals surface area (Å²) in [4.78, 5) is 13.3. The van der Waals surface area contributed by atoms with Crippen molar-refractivity contribution < 1.29 is 89.4 Å². The van der Waals surface area contributed by atoms with Gasteiger partial charge in [-0.1, -0.05) is 205 Å². The molecular weight excluding hydrogens is 1030 g/mol. The Kier molecular flexibility index (Phi) is 40.5. The highest BCUT2D eigenvalue weighted by molar-refractivity contribution is 5.76. The molecule has 3 heterocycles. The van der Waals surface area contributed by atoms with Gasteiger partial charge in [0.15, 0.2) is 18.9 Å². The molecule has 12 N–H and O–H groups in total. The predicted molar refractivity (Wildman–Crippen MR) is 305 cm³/mol. The first kappa shape index (κ1) is 72.5. The molecule has 3 aliphatic rings. The van der Waals surface area contributed by atoms with Crippen LogP contribution >= 0.6 is 0 Å². The molecule has 0 saturated carbocycles. The zero-order chi connectivity index (χ0) is 58.3. The van der Waals surface area contributed by atoms with Gasteiger partial charge in [0, 0.05) is 6.42 Å². The summed E-state index contributed by atoms with van der Waals surface area (Å²) < 4.78 is 34.2. The molecule has 1 amide bonds. The van der Waals surface area contributed by atoms with Gasteiger partial charge in [0.1, 0.15) is 73.2 Å². The minimum Gasteiger partial charge on any atom is -0.394 e. The Hall–Kier alpha value is -1.73. The number of carbonyl (C=O) groups is 1. The summed E-state index contributed by atoms with van der Waals surface area (Å²) in [5.41, 5.74) is 0. The van der Waals surface area contributed by atoms with E-state index in [1.54, 1.807) is 6.08 Å². The number of hydrogen-bond acceptors (Lipinski definition) is 18. The van der Waals surface area contributed by atoms with Crippen molar-refractivity contribution in [2.75, 3.05) is 26.4 Å². The first-order valence-electron chi connectivity index (χ1n) is 31.6. The molecule has 0 aliphatic carbocycles. The number of nitrogens with one attached hydrogen (secondary N) is 1. The number of hydrogen-bond donors (Lipinski definition) is 12. The third kappa shape index (κ3) is 28.0. The van der Waals surface area contributed by atoms with Gasteiger partial charge in [-0.05, 0) is 38.5 Å². The zero-order valence-corrected chi connectivity index (χ0v) is 49.1. The summed E-state index contributed by atoms with van der Waals surface area (Å²) in [6, 6.07) is -0.974. The van der Waals surface area contributed by atoms with E-state index >= 15 is 0 Å². The molecule has 19 nitrogen and oxygen atoms in total. The quantitative estimate of drug-likeness (QED) is 0.0234. The highest BCUT2D eigenvalue weighted by atomic mass is 16.8. The second-order valence-corrected chi connectivity index (χ2v) is 22.9. The average molecular weight is 1150 g/mol. The van der Waals surface area contributed by atoms with Crippen molar-refractivity contribution in [1.29, 1.82) is 0 Å². The first-order chi connectivity index (χ1) is 38.8. The summed E-state index contributed by atoms with van der Waals surface area (Å²) in [6.07, 6.45) is 20.4. The molecule has 0 radical (unpaired) electrons. The van der Waals surface area contributed by atoms with Crippen molar-refractivity contribution >= 4 is 5.91 Å². The van der Waals surface area contributed by atoms with Crippen LogP contribution in [0.4, 0.5) is 0 Å². The average Bonchev–Trinajstić information content (AvgIpc) is 3.47. The van der Waals surface area contributed by atoms with Crippen LogP contribution in [0.3, 0.4) is 0 Å². The SMILES string of the molecule is CCC/C=C\CCCCCCCC(=O)NC(COC1OC(CO)C(OC2OC(CO)C(OC3OC(CO)C(O)C(O)C3O)C(O)C2O)C(O)C1O)C(O)/C=C/CCCCCCCCCCCCCCCCCCCCCCCCC. The van der Waals surface area contributed by atoms with Crippen LogP contribution in [0.2, 0.25) is 0 Å². The maximum atomic E-state index is 13.3. The summed E-state index contributed by atoms with van der Waals surface area (Å²) in [6.45, 7) is 1.66.